The van der Waals surface area contributed by atoms with Crippen molar-refractivity contribution < 1.29 is 14.6 Å². The molecule has 0 saturated carbocycles. The zero-order chi connectivity index (χ0) is 11.7. The maximum atomic E-state index is 10.4. The molecular weight excluding hydrogens is 208 g/mol. The van der Waals surface area contributed by atoms with Crippen molar-refractivity contribution >= 4 is 11.6 Å². The number of nitrogens with zero attached hydrogens (tertiary/aromatic N) is 2. The predicted molar refractivity (Wildman–Crippen MR) is 57.8 cm³/mol. The van der Waals surface area contributed by atoms with Crippen LogP contribution >= 0.6 is 0 Å². The number of imidazole rings is 1. The minimum absolute atomic E-state index is 0.357. The Balaban J connectivity index is 2.45. The fraction of sp³-hybridized carbons (Fsp3) is 0.273. The van der Waals surface area contributed by atoms with E-state index in [2.05, 4.69) is 4.98 Å². The molecule has 1 N–H and O–H groups in total. The van der Waals surface area contributed by atoms with E-state index < -0.39 is 5.97 Å². The fourth-order valence-corrected chi connectivity index (χ4v) is 1.53. The third kappa shape index (κ3) is 1.71. The van der Waals surface area contributed by atoms with Crippen LogP contribution in [0.4, 0.5) is 0 Å². The Morgan fingerprint density at radius 3 is 3.00 bits per heavy atom. The normalized spacial score (nSPS) is 10.6. The number of fused-ring (bicyclic) bond motifs is 1. The molecule has 2 aromatic rings. The van der Waals surface area contributed by atoms with Crippen molar-refractivity contribution in [3.05, 3.63) is 29.7 Å². The van der Waals surface area contributed by atoms with Gasteiger partial charge < -0.3 is 14.2 Å². The number of carbonyl (C=O) groups is 1. The second-order valence-corrected chi connectivity index (χ2v) is 3.53. The second-order valence-electron chi connectivity index (χ2n) is 3.53. The molecule has 0 aliphatic heterocycles. The highest BCUT2D eigenvalue weighted by Gasteiger charge is 2.09. The van der Waals surface area contributed by atoms with Crippen LogP contribution in [-0.2, 0) is 4.79 Å². The standard InChI is InChI=1S/C11H12N2O3/c1-7-8(2)13-5-3-4-9(11(13)12-7)16-6-10(14)15/h3-5H,6H2,1-2H3,(H,14,15). The molecule has 0 amide bonds. The molecule has 0 atom stereocenters. The van der Waals surface area contributed by atoms with Crippen molar-refractivity contribution in [3.63, 3.8) is 0 Å². The lowest BCUT2D eigenvalue weighted by Crippen LogP contribution is -2.10. The van der Waals surface area contributed by atoms with E-state index in [-0.39, 0.29) is 6.61 Å². The van der Waals surface area contributed by atoms with E-state index in [4.69, 9.17) is 9.84 Å². The number of aryl methyl sites for hydroxylation is 2. The zero-order valence-electron chi connectivity index (χ0n) is 9.10. The summed E-state index contributed by atoms with van der Waals surface area (Å²) < 4.78 is 7.05. The van der Waals surface area contributed by atoms with Crippen molar-refractivity contribution in [1.82, 2.24) is 9.38 Å². The highest BCUT2D eigenvalue weighted by molar-refractivity contribution is 5.69. The second kappa shape index (κ2) is 3.84. The summed E-state index contributed by atoms with van der Waals surface area (Å²) in [6.07, 6.45) is 1.87. The largest absolute Gasteiger partial charge is 0.479 e. The summed E-state index contributed by atoms with van der Waals surface area (Å²) in [5.74, 6) is -0.511. The van der Waals surface area contributed by atoms with Crippen molar-refractivity contribution in [2.45, 2.75) is 13.8 Å². The molecule has 5 heteroatoms. The van der Waals surface area contributed by atoms with E-state index in [1.54, 1.807) is 12.1 Å². The van der Waals surface area contributed by atoms with E-state index in [0.717, 1.165) is 11.4 Å². The third-order valence-corrected chi connectivity index (χ3v) is 2.44. The quantitative estimate of drug-likeness (QED) is 0.849. The summed E-state index contributed by atoms with van der Waals surface area (Å²) in [5, 5.41) is 8.55. The monoisotopic (exact) mass is 220 g/mol. The molecule has 0 aromatic carbocycles. The first-order valence-corrected chi connectivity index (χ1v) is 4.88. The molecule has 0 aliphatic rings. The minimum Gasteiger partial charge on any atom is -0.479 e. The highest BCUT2D eigenvalue weighted by atomic mass is 16.5. The fourth-order valence-electron chi connectivity index (χ4n) is 1.53. The molecule has 0 saturated heterocycles. The predicted octanol–water partition coefficient (Wildman–Crippen LogP) is 1.41. The molecule has 2 aromatic heterocycles. The maximum absolute atomic E-state index is 10.4. The number of carboxylic acids is 1. The van der Waals surface area contributed by atoms with Crippen molar-refractivity contribution in [3.8, 4) is 5.75 Å². The van der Waals surface area contributed by atoms with Gasteiger partial charge in [0.15, 0.2) is 18.0 Å². The van der Waals surface area contributed by atoms with Crippen molar-refractivity contribution in [2.75, 3.05) is 6.61 Å². The van der Waals surface area contributed by atoms with Crippen LogP contribution in [0, 0.1) is 13.8 Å². The van der Waals surface area contributed by atoms with Gasteiger partial charge in [0, 0.05) is 11.9 Å². The molecule has 16 heavy (non-hydrogen) atoms. The van der Waals surface area contributed by atoms with Crippen LogP contribution in [0.1, 0.15) is 11.4 Å². The van der Waals surface area contributed by atoms with Gasteiger partial charge in [-0.3, -0.25) is 0 Å². The van der Waals surface area contributed by atoms with Gasteiger partial charge in [-0.25, -0.2) is 9.78 Å². The highest BCUT2D eigenvalue weighted by Crippen LogP contribution is 2.21. The molecule has 0 bridgehead atoms. The van der Waals surface area contributed by atoms with Gasteiger partial charge in [-0.05, 0) is 26.0 Å². The van der Waals surface area contributed by atoms with Gasteiger partial charge in [-0.2, -0.15) is 0 Å². The van der Waals surface area contributed by atoms with Gasteiger partial charge in [0.2, 0.25) is 0 Å². The maximum Gasteiger partial charge on any atom is 0.341 e. The van der Waals surface area contributed by atoms with Crippen molar-refractivity contribution in [2.24, 2.45) is 0 Å². The lowest BCUT2D eigenvalue weighted by atomic mass is 10.4. The van der Waals surface area contributed by atoms with Gasteiger partial charge in [0.25, 0.3) is 0 Å². The molecule has 2 rings (SSSR count). The van der Waals surface area contributed by atoms with Crippen LogP contribution in [0.25, 0.3) is 5.65 Å². The first-order chi connectivity index (χ1) is 7.59. The Morgan fingerprint density at radius 1 is 1.56 bits per heavy atom. The number of pyridine rings is 1. The average Bonchev–Trinajstić information content (AvgIpc) is 2.53. The van der Waals surface area contributed by atoms with Crippen LogP contribution < -0.4 is 4.74 Å². The Bertz CT molecular complexity index is 545. The Hall–Kier alpha value is -2.04. The first kappa shape index (κ1) is 10.5. The molecule has 5 nitrogen and oxygen atoms in total. The van der Waals surface area contributed by atoms with E-state index in [1.807, 2.05) is 24.4 Å². The zero-order valence-corrected chi connectivity index (χ0v) is 9.10. The molecule has 2 heterocycles. The smallest absolute Gasteiger partial charge is 0.341 e. The number of hydrogen-bond acceptors (Lipinski definition) is 3. The average molecular weight is 220 g/mol. The van der Waals surface area contributed by atoms with E-state index in [9.17, 15) is 4.79 Å². The number of aromatic nitrogens is 2. The molecule has 0 radical (unpaired) electrons. The minimum atomic E-state index is -0.998. The Kier molecular flexibility index (Phi) is 2.52. The van der Waals surface area contributed by atoms with Crippen molar-refractivity contribution in [1.29, 1.82) is 0 Å². The lowest BCUT2D eigenvalue weighted by molar-refractivity contribution is -0.139. The number of hydrogen-bond donors (Lipinski definition) is 1. The van der Waals surface area contributed by atoms with E-state index >= 15 is 0 Å². The van der Waals surface area contributed by atoms with Gasteiger partial charge >= 0.3 is 5.97 Å². The topological polar surface area (TPSA) is 63.8 Å². The summed E-state index contributed by atoms with van der Waals surface area (Å²) >= 11 is 0. The number of rotatable bonds is 3. The third-order valence-electron chi connectivity index (χ3n) is 2.44. The summed E-state index contributed by atoms with van der Waals surface area (Å²) in [5.41, 5.74) is 2.58. The summed E-state index contributed by atoms with van der Waals surface area (Å²) in [6.45, 7) is 3.50. The van der Waals surface area contributed by atoms with Crippen LogP contribution in [-0.4, -0.2) is 27.1 Å². The Morgan fingerprint density at radius 2 is 2.31 bits per heavy atom. The SMILES string of the molecule is Cc1nc2c(OCC(=O)O)cccn2c1C. The molecular formula is C11H12N2O3. The van der Waals surface area contributed by atoms with Crippen LogP contribution in [0.15, 0.2) is 18.3 Å². The summed E-state index contributed by atoms with van der Waals surface area (Å²) in [4.78, 5) is 14.8. The van der Waals surface area contributed by atoms with Gasteiger partial charge in [0.05, 0.1) is 5.69 Å². The molecule has 0 spiro atoms. The number of ether oxygens (including phenoxy) is 1. The van der Waals surface area contributed by atoms with E-state index in [1.165, 1.54) is 0 Å². The van der Waals surface area contributed by atoms with Crippen LogP contribution in [0.3, 0.4) is 0 Å². The Labute approximate surface area is 92.3 Å². The van der Waals surface area contributed by atoms with Gasteiger partial charge in [-0.15, -0.1) is 0 Å². The first-order valence-electron chi connectivity index (χ1n) is 4.88. The number of aliphatic carboxylic acids is 1. The lowest BCUT2D eigenvalue weighted by Gasteiger charge is -2.04. The summed E-state index contributed by atoms with van der Waals surface area (Å²) in [6, 6.07) is 3.52. The van der Waals surface area contributed by atoms with Crippen LogP contribution in [0.2, 0.25) is 0 Å². The van der Waals surface area contributed by atoms with Gasteiger partial charge in [-0.1, -0.05) is 0 Å². The molecule has 0 aliphatic carbocycles. The molecule has 0 unspecified atom stereocenters. The summed E-state index contributed by atoms with van der Waals surface area (Å²) in [7, 11) is 0. The number of carboxylic acid groups (broad SMARTS) is 1. The molecule has 84 valence electrons. The van der Waals surface area contributed by atoms with E-state index in [0.29, 0.717) is 11.4 Å². The van der Waals surface area contributed by atoms with Crippen LogP contribution in [0.5, 0.6) is 5.75 Å². The van der Waals surface area contributed by atoms with Gasteiger partial charge in [0.1, 0.15) is 0 Å². The molecule has 0 fully saturated rings.